The van der Waals surface area contributed by atoms with Gasteiger partial charge in [0.15, 0.2) is 0 Å². The first kappa shape index (κ1) is 18.0. The van der Waals surface area contributed by atoms with Gasteiger partial charge in [-0.3, -0.25) is 9.59 Å². The van der Waals surface area contributed by atoms with Crippen molar-refractivity contribution in [1.29, 1.82) is 0 Å². The van der Waals surface area contributed by atoms with Gasteiger partial charge in [0.25, 0.3) is 11.5 Å². The minimum Gasteiger partial charge on any atom is -0.322 e. The van der Waals surface area contributed by atoms with Crippen molar-refractivity contribution in [3.63, 3.8) is 0 Å². The molecule has 0 aliphatic carbocycles. The zero-order valence-electron chi connectivity index (χ0n) is 14.6. The smallest absolute Gasteiger partial charge is 0.263 e. The van der Waals surface area contributed by atoms with Gasteiger partial charge in [-0.05, 0) is 66.9 Å². The molecule has 26 heavy (non-hydrogen) atoms. The van der Waals surface area contributed by atoms with E-state index in [1.807, 2.05) is 44.2 Å². The molecule has 0 radical (unpaired) electrons. The molecule has 1 heterocycles. The Balaban J connectivity index is 1.85. The van der Waals surface area contributed by atoms with E-state index < -0.39 is 5.91 Å². The third-order valence-electron chi connectivity index (χ3n) is 4.01. The Morgan fingerprint density at radius 1 is 1.04 bits per heavy atom. The van der Waals surface area contributed by atoms with Crippen LogP contribution in [0.25, 0.3) is 0 Å². The summed E-state index contributed by atoms with van der Waals surface area (Å²) in [6.07, 6.45) is 1.67. The summed E-state index contributed by atoms with van der Waals surface area (Å²) in [6.45, 7) is 4.30. The SMILES string of the molecule is Cc1cc(C)cc(NC(=O)c2cccn(Cc3ccc(Cl)cc3)c2=O)c1. The quantitative estimate of drug-likeness (QED) is 0.743. The number of aromatic nitrogens is 1. The average Bonchev–Trinajstić information content (AvgIpc) is 2.57. The summed E-state index contributed by atoms with van der Waals surface area (Å²) in [6, 6.07) is 16.3. The van der Waals surface area contributed by atoms with Gasteiger partial charge >= 0.3 is 0 Å². The Kier molecular flexibility index (Phi) is 5.24. The highest BCUT2D eigenvalue weighted by Gasteiger charge is 2.13. The number of rotatable bonds is 4. The minimum absolute atomic E-state index is 0.112. The standard InChI is InChI=1S/C21H19ClN2O2/c1-14-10-15(2)12-18(11-14)23-20(25)19-4-3-9-24(21(19)26)13-16-5-7-17(22)8-6-16/h3-12H,13H2,1-2H3,(H,23,25). The maximum Gasteiger partial charge on any atom is 0.263 e. The number of hydrogen-bond acceptors (Lipinski definition) is 2. The van der Waals surface area contributed by atoms with Gasteiger partial charge in [-0.1, -0.05) is 29.8 Å². The third kappa shape index (κ3) is 4.21. The number of aryl methyl sites for hydroxylation is 2. The lowest BCUT2D eigenvalue weighted by Crippen LogP contribution is -2.29. The van der Waals surface area contributed by atoms with Crippen LogP contribution in [0.5, 0.6) is 0 Å². The summed E-state index contributed by atoms with van der Waals surface area (Å²) < 4.78 is 1.51. The predicted molar refractivity (Wildman–Crippen MR) is 105 cm³/mol. The zero-order chi connectivity index (χ0) is 18.7. The molecule has 5 heteroatoms. The Morgan fingerprint density at radius 3 is 2.35 bits per heavy atom. The molecular weight excluding hydrogens is 348 g/mol. The van der Waals surface area contributed by atoms with Crippen molar-refractivity contribution in [3.8, 4) is 0 Å². The highest BCUT2D eigenvalue weighted by atomic mass is 35.5. The molecule has 0 saturated carbocycles. The maximum absolute atomic E-state index is 12.7. The molecule has 1 N–H and O–H groups in total. The van der Waals surface area contributed by atoms with Crippen molar-refractivity contribution in [2.24, 2.45) is 0 Å². The van der Waals surface area contributed by atoms with E-state index in [-0.39, 0.29) is 11.1 Å². The summed E-state index contributed by atoms with van der Waals surface area (Å²) in [5.41, 5.74) is 3.50. The first-order valence-corrected chi connectivity index (χ1v) is 8.64. The van der Waals surface area contributed by atoms with Gasteiger partial charge in [-0.2, -0.15) is 0 Å². The fourth-order valence-corrected chi connectivity index (χ4v) is 2.99. The van der Waals surface area contributed by atoms with Crippen LogP contribution in [0, 0.1) is 13.8 Å². The monoisotopic (exact) mass is 366 g/mol. The minimum atomic E-state index is -0.412. The fourth-order valence-electron chi connectivity index (χ4n) is 2.87. The van der Waals surface area contributed by atoms with Crippen molar-refractivity contribution in [1.82, 2.24) is 4.57 Å². The van der Waals surface area contributed by atoms with Crippen LogP contribution in [0.4, 0.5) is 5.69 Å². The molecule has 0 atom stereocenters. The van der Waals surface area contributed by atoms with Crippen LogP contribution in [0.2, 0.25) is 5.02 Å². The number of benzene rings is 2. The summed E-state index contributed by atoms with van der Waals surface area (Å²) in [5, 5.41) is 3.45. The Hall–Kier alpha value is -2.85. The molecule has 0 unspecified atom stereocenters. The van der Waals surface area contributed by atoms with E-state index in [0.717, 1.165) is 16.7 Å². The molecule has 0 aliphatic rings. The van der Waals surface area contributed by atoms with E-state index in [9.17, 15) is 9.59 Å². The van der Waals surface area contributed by atoms with Crippen LogP contribution < -0.4 is 10.9 Å². The molecule has 0 fully saturated rings. The number of carbonyl (C=O) groups excluding carboxylic acids is 1. The number of pyridine rings is 1. The van der Waals surface area contributed by atoms with Gasteiger partial charge in [0.2, 0.25) is 0 Å². The highest BCUT2D eigenvalue weighted by Crippen LogP contribution is 2.14. The van der Waals surface area contributed by atoms with Crippen LogP contribution in [0.3, 0.4) is 0 Å². The predicted octanol–water partition coefficient (Wildman–Crippen LogP) is 4.42. The topological polar surface area (TPSA) is 51.1 Å². The molecule has 3 aromatic rings. The maximum atomic E-state index is 12.7. The van der Waals surface area contributed by atoms with E-state index in [4.69, 9.17) is 11.6 Å². The Labute approximate surface area is 157 Å². The van der Waals surface area contributed by atoms with Crippen molar-refractivity contribution in [2.75, 3.05) is 5.32 Å². The molecular formula is C21H19ClN2O2. The average molecular weight is 367 g/mol. The first-order chi connectivity index (χ1) is 12.4. The van der Waals surface area contributed by atoms with Crippen LogP contribution in [0.1, 0.15) is 27.0 Å². The van der Waals surface area contributed by atoms with E-state index in [1.165, 1.54) is 4.57 Å². The van der Waals surface area contributed by atoms with E-state index in [0.29, 0.717) is 17.3 Å². The summed E-state index contributed by atoms with van der Waals surface area (Å²) in [4.78, 5) is 25.2. The van der Waals surface area contributed by atoms with Crippen LogP contribution in [-0.2, 0) is 6.54 Å². The number of carbonyl (C=O) groups is 1. The van der Waals surface area contributed by atoms with Gasteiger partial charge in [0, 0.05) is 16.9 Å². The third-order valence-corrected chi connectivity index (χ3v) is 4.26. The van der Waals surface area contributed by atoms with Crippen LogP contribution >= 0.6 is 11.6 Å². The number of amides is 1. The molecule has 1 amide bonds. The van der Waals surface area contributed by atoms with Gasteiger partial charge in [-0.15, -0.1) is 0 Å². The molecule has 4 nitrogen and oxygen atoms in total. The van der Waals surface area contributed by atoms with Crippen molar-refractivity contribution >= 4 is 23.2 Å². The zero-order valence-corrected chi connectivity index (χ0v) is 15.4. The van der Waals surface area contributed by atoms with Crippen LogP contribution in [-0.4, -0.2) is 10.5 Å². The van der Waals surface area contributed by atoms with E-state index in [2.05, 4.69) is 5.32 Å². The molecule has 1 aromatic heterocycles. The number of nitrogens with zero attached hydrogens (tertiary/aromatic N) is 1. The van der Waals surface area contributed by atoms with Gasteiger partial charge in [0.1, 0.15) is 5.56 Å². The molecule has 0 bridgehead atoms. The lowest BCUT2D eigenvalue weighted by molar-refractivity contribution is 0.102. The van der Waals surface area contributed by atoms with Crippen molar-refractivity contribution in [3.05, 3.63) is 98.4 Å². The summed E-state index contributed by atoms with van der Waals surface area (Å²) in [7, 11) is 0. The number of anilines is 1. The molecule has 2 aromatic carbocycles. The number of nitrogens with one attached hydrogen (secondary N) is 1. The van der Waals surface area contributed by atoms with Crippen LogP contribution in [0.15, 0.2) is 65.6 Å². The molecule has 3 rings (SSSR count). The second kappa shape index (κ2) is 7.58. The second-order valence-electron chi connectivity index (χ2n) is 6.31. The van der Waals surface area contributed by atoms with E-state index >= 15 is 0 Å². The second-order valence-corrected chi connectivity index (χ2v) is 6.75. The Morgan fingerprint density at radius 2 is 1.69 bits per heavy atom. The van der Waals surface area contributed by atoms with E-state index in [1.54, 1.807) is 30.5 Å². The lowest BCUT2D eigenvalue weighted by atomic mass is 10.1. The number of hydrogen-bond donors (Lipinski definition) is 1. The number of halogens is 1. The van der Waals surface area contributed by atoms with Crippen molar-refractivity contribution in [2.45, 2.75) is 20.4 Å². The molecule has 0 aliphatic heterocycles. The van der Waals surface area contributed by atoms with Gasteiger partial charge < -0.3 is 9.88 Å². The fraction of sp³-hybridized carbons (Fsp3) is 0.143. The first-order valence-electron chi connectivity index (χ1n) is 8.26. The van der Waals surface area contributed by atoms with Gasteiger partial charge in [-0.25, -0.2) is 0 Å². The summed E-state index contributed by atoms with van der Waals surface area (Å²) in [5.74, 6) is -0.412. The lowest BCUT2D eigenvalue weighted by Gasteiger charge is -2.10. The highest BCUT2D eigenvalue weighted by molar-refractivity contribution is 6.30. The summed E-state index contributed by atoms with van der Waals surface area (Å²) >= 11 is 5.89. The molecule has 0 spiro atoms. The van der Waals surface area contributed by atoms with Crippen molar-refractivity contribution < 1.29 is 4.79 Å². The molecule has 0 saturated heterocycles. The van der Waals surface area contributed by atoms with Gasteiger partial charge in [0.05, 0.1) is 6.54 Å². The Bertz CT molecular complexity index is 987. The largest absolute Gasteiger partial charge is 0.322 e. The molecule has 132 valence electrons. The normalized spacial score (nSPS) is 10.6.